The van der Waals surface area contributed by atoms with Crippen LogP contribution < -0.4 is 10.0 Å². The summed E-state index contributed by atoms with van der Waals surface area (Å²) in [5, 5.41) is 9.01. The highest BCUT2D eigenvalue weighted by molar-refractivity contribution is 7.89. The number of piperidine rings is 1. The predicted octanol–water partition coefficient (Wildman–Crippen LogP) is -0.119. The van der Waals surface area contributed by atoms with Crippen LogP contribution in [0.5, 0.6) is 0 Å². The largest absolute Gasteiger partial charge is 0.462 e. The zero-order valence-corrected chi connectivity index (χ0v) is 14.7. The Morgan fingerprint density at radius 2 is 2.12 bits per heavy atom. The summed E-state index contributed by atoms with van der Waals surface area (Å²) in [7, 11) is -2.31. The van der Waals surface area contributed by atoms with Gasteiger partial charge in [0.25, 0.3) is 10.0 Å². The van der Waals surface area contributed by atoms with Crippen molar-refractivity contribution in [1.29, 1.82) is 0 Å². The highest BCUT2D eigenvalue weighted by Gasteiger charge is 2.35. The summed E-state index contributed by atoms with van der Waals surface area (Å²) < 4.78 is 37.8. The lowest BCUT2D eigenvalue weighted by Gasteiger charge is -2.37. The van der Waals surface area contributed by atoms with Gasteiger partial charge >= 0.3 is 5.97 Å². The van der Waals surface area contributed by atoms with Gasteiger partial charge in [0, 0.05) is 19.1 Å². The SMILES string of the molecule is CCOC(=O)c1cn[nH]c1S(=O)(=O)NCC1(COC)CCNCC1. The Balaban J connectivity index is 2.14. The van der Waals surface area contributed by atoms with E-state index in [9.17, 15) is 13.2 Å². The van der Waals surface area contributed by atoms with E-state index in [2.05, 4.69) is 20.2 Å². The zero-order valence-electron chi connectivity index (χ0n) is 13.9. The maximum absolute atomic E-state index is 12.6. The van der Waals surface area contributed by atoms with Gasteiger partial charge in [0.2, 0.25) is 0 Å². The van der Waals surface area contributed by atoms with Crippen LogP contribution in [0.25, 0.3) is 0 Å². The molecule has 0 unspecified atom stereocenters. The second-order valence-corrected chi connectivity index (χ2v) is 7.54. The molecule has 0 atom stereocenters. The van der Waals surface area contributed by atoms with Crippen molar-refractivity contribution in [2.75, 3.05) is 40.0 Å². The molecule has 1 aliphatic heterocycles. The summed E-state index contributed by atoms with van der Waals surface area (Å²) >= 11 is 0. The van der Waals surface area contributed by atoms with Gasteiger partial charge in [0.15, 0.2) is 5.03 Å². The average molecular weight is 360 g/mol. The van der Waals surface area contributed by atoms with Crippen molar-refractivity contribution in [3.8, 4) is 0 Å². The van der Waals surface area contributed by atoms with Gasteiger partial charge < -0.3 is 14.8 Å². The third-order valence-corrected chi connectivity index (χ3v) is 5.49. The van der Waals surface area contributed by atoms with E-state index in [0.29, 0.717) is 6.61 Å². The molecule has 3 N–H and O–H groups in total. The number of rotatable bonds is 8. The van der Waals surface area contributed by atoms with E-state index < -0.39 is 16.0 Å². The monoisotopic (exact) mass is 360 g/mol. The second kappa shape index (κ2) is 8.06. The number of methoxy groups -OCH3 is 1. The van der Waals surface area contributed by atoms with Crippen molar-refractivity contribution >= 4 is 16.0 Å². The van der Waals surface area contributed by atoms with Gasteiger partial charge in [-0.15, -0.1) is 0 Å². The standard InChI is InChI=1S/C14H24N4O5S/c1-3-23-13(19)11-8-16-18-12(11)24(20,21)17-9-14(10-22-2)4-6-15-7-5-14/h8,15,17H,3-7,9-10H2,1-2H3,(H,16,18). The van der Waals surface area contributed by atoms with E-state index in [1.807, 2.05) is 0 Å². The Hall–Kier alpha value is -1.49. The first-order valence-corrected chi connectivity index (χ1v) is 9.32. The van der Waals surface area contributed by atoms with Crippen LogP contribution in [0.2, 0.25) is 0 Å². The number of carbonyl (C=O) groups is 1. The third kappa shape index (κ3) is 4.32. The molecule has 1 aliphatic rings. The molecule has 1 aromatic heterocycles. The second-order valence-electron chi connectivity index (χ2n) is 5.84. The van der Waals surface area contributed by atoms with Crippen LogP contribution in [0.4, 0.5) is 0 Å². The fraction of sp³-hybridized carbons (Fsp3) is 0.714. The number of aromatic nitrogens is 2. The van der Waals surface area contributed by atoms with Gasteiger partial charge in [-0.05, 0) is 32.9 Å². The Kier molecular flexibility index (Phi) is 6.33. The minimum absolute atomic E-state index is 0.101. The molecule has 136 valence electrons. The lowest BCUT2D eigenvalue weighted by molar-refractivity contribution is 0.0521. The molecule has 0 aromatic carbocycles. The highest BCUT2D eigenvalue weighted by atomic mass is 32.2. The smallest absolute Gasteiger partial charge is 0.342 e. The lowest BCUT2D eigenvalue weighted by Crippen LogP contribution is -2.47. The number of esters is 1. The topological polar surface area (TPSA) is 122 Å². The number of aromatic amines is 1. The summed E-state index contributed by atoms with van der Waals surface area (Å²) in [6.07, 6.45) is 2.76. The van der Waals surface area contributed by atoms with E-state index >= 15 is 0 Å². The Morgan fingerprint density at radius 3 is 2.75 bits per heavy atom. The number of nitrogens with one attached hydrogen (secondary N) is 3. The highest BCUT2D eigenvalue weighted by Crippen LogP contribution is 2.29. The van der Waals surface area contributed by atoms with Crippen LogP contribution in [-0.2, 0) is 19.5 Å². The number of H-pyrrole nitrogens is 1. The summed E-state index contributed by atoms with van der Waals surface area (Å²) in [6, 6.07) is 0. The van der Waals surface area contributed by atoms with Crippen molar-refractivity contribution in [1.82, 2.24) is 20.2 Å². The maximum atomic E-state index is 12.6. The van der Waals surface area contributed by atoms with Crippen molar-refractivity contribution in [3.63, 3.8) is 0 Å². The molecular weight excluding hydrogens is 336 g/mol. The van der Waals surface area contributed by atoms with Crippen LogP contribution >= 0.6 is 0 Å². The fourth-order valence-corrected chi connectivity index (χ4v) is 4.03. The van der Waals surface area contributed by atoms with Crippen molar-refractivity contribution in [3.05, 3.63) is 11.8 Å². The summed E-state index contributed by atoms with van der Waals surface area (Å²) in [6.45, 7) is 4.11. The summed E-state index contributed by atoms with van der Waals surface area (Å²) in [5.41, 5.74) is -0.368. The van der Waals surface area contributed by atoms with Crippen LogP contribution in [-0.4, -0.2) is 64.5 Å². The molecule has 9 nitrogen and oxygen atoms in total. The van der Waals surface area contributed by atoms with Crippen molar-refractivity contribution < 1.29 is 22.7 Å². The van der Waals surface area contributed by atoms with Crippen LogP contribution in [0, 0.1) is 5.41 Å². The molecular formula is C14H24N4O5S. The molecule has 1 saturated heterocycles. The van der Waals surface area contributed by atoms with E-state index in [-0.39, 0.29) is 29.2 Å². The average Bonchev–Trinajstić information content (AvgIpc) is 3.05. The number of carbonyl (C=O) groups excluding carboxylic acids is 1. The van der Waals surface area contributed by atoms with Crippen LogP contribution in [0.3, 0.4) is 0 Å². The maximum Gasteiger partial charge on any atom is 0.342 e. The number of ether oxygens (including phenoxy) is 2. The number of sulfonamides is 1. The first kappa shape index (κ1) is 18.8. The zero-order chi connectivity index (χ0) is 17.6. The lowest BCUT2D eigenvalue weighted by atomic mass is 9.80. The van der Waals surface area contributed by atoms with Crippen LogP contribution in [0.1, 0.15) is 30.1 Å². The fourth-order valence-electron chi connectivity index (χ4n) is 2.79. The number of hydrogen-bond acceptors (Lipinski definition) is 7. The van der Waals surface area contributed by atoms with Crippen molar-refractivity contribution in [2.45, 2.75) is 24.8 Å². The first-order chi connectivity index (χ1) is 11.4. The molecule has 1 aromatic rings. The molecule has 0 spiro atoms. The molecule has 2 heterocycles. The van der Waals surface area contributed by atoms with E-state index in [0.717, 1.165) is 32.1 Å². The Morgan fingerprint density at radius 1 is 1.42 bits per heavy atom. The number of nitrogens with zero attached hydrogens (tertiary/aromatic N) is 1. The van der Waals surface area contributed by atoms with Gasteiger partial charge in [-0.3, -0.25) is 5.10 Å². The molecule has 0 amide bonds. The normalized spacial score (nSPS) is 17.6. The third-order valence-electron chi connectivity index (χ3n) is 4.12. The van der Waals surface area contributed by atoms with Gasteiger partial charge in [-0.25, -0.2) is 17.9 Å². The molecule has 2 rings (SSSR count). The van der Waals surface area contributed by atoms with Gasteiger partial charge in [-0.2, -0.15) is 5.10 Å². The number of hydrogen-bond donors (Lipinski definition) is 3. The Labute approximate surface area is 141 Å². The van der Waals surface area contributed by atoms with Gasteiger partial charge in [0.1, 0.15) is 5.56 Å². The van der Waals surface area contributed by atoms with E-state index in [4.69, 9.17) is 9.47 Å². The first-order valence-electron chi connectivity index (χ1n) is 7.84. The predicted molar refractivity (Wildman–Crippen MR) is 86.1 cm³/mol. The summed E-state index contributed by atoms with van der Waals surface area (Å²) in [4.78, 5) is 11.8. The van der Waals surface area contributed by atoms with Crippen molar-refractivity contribution in [2.24, 2.45) is 5.41 Å². The van der Waals surface area contributed by atoms with Crippen LogP contribution in [0.15, 0.2) is 11.2 Å². The quantitative estimate of drug-likeness (QED) is 0.552. The Bertz CT molecular complexity index is 646. The molecule has 24 heavy (non-hydrogen) atoms. The minimum atomic E-state index is -3.91. The molecule has 0 radical (unpaired) electrons. The van der Waals surface area contributed by atoms with Gasteiger partial charge in [-0.1, -0.05) is 0 Å². The minimum Gasteiger partial charge on any atom is -0.462 e. The molecule has 0 saturated carbocycles. The molecule has 1 fully saturated rings. The van der Waals surface area contributed by atoms with E-state index in [1.165, 1.54) is 0 Å². The molecule has 10 heteroatoms. The van der Waals surface area contributed by atoms with E-state index in [1.54, 1.807) is 14.0 Å². The summed E-state index contributed by atoms with van der Waals surface area (Å²) in [5.74, 6) is -0.722. The molecule has 0 aliphatic carbocycles. The molecule has 0 bridgehead atoms. The van der Waals surface area contributed by atoms with Gasteiger partial charge in [0.05, 0.1) is 19.4 Å².